The number of benzene rings is 2. The largest absolute Gasteiger partial charge is 0.497 e. The Balaban J connectivity index is 1.55. The lowest BCUT2D eigenvalue weighted by atomic mass is 10.1. The summed E-state index contributed by atoms with van der Waals surface area (Å²) in [6.45, 7) is 0.576. The van der Waals surface area contributed by atoms with E-state index in [1.165, 1.54) is 5.56 Å². The van der Waals surface area contributed by atoms with Crippen LogP contribution in [0.15, 0.2) is 59.5 Å². The molecule has 2 aromatic carbocycles. The average molecular weight is 372 g/mol. The zero-order valence-electron chi connectivity index (χ0n) is 14.9. The van der Waals surface area contributed by atoms with Gasteiger partial charge >= 0.3 is 0 Å². The second-order valence-electron chi connectivity index (χ2n) is 5.64. The van der Waals surface area contributed by atoms with E-state index in [1.54, 1.807) is 18.9 Å². The number of thioether (sulfide) groups is 1. The Morgan fingerprint density at radius 3 is 2.38 bits per heavy atom. The minimum absolute atomic E-state index is 0.0147. The fourth-order valence-corrected chi connectivity index (χ4v) is 3.11. The summed E-state index contributed by atoms with van der Waals surface area (Å²) in [7, 11) is 1.63. The van der Waals surface area contributed by atoms with Crippen LogP contribution >= 0.6 is 11.8 Å². The van der Waals surface area contributed by atoms with E-state index in [4.69, 9.17) is 4.74 Å². The van der Waals surface area contributed by atoms with Crippen molar-refractivity contribution in [1.29, 1.82) is 0 Å². The van der Waals surface area contributed by atoms with Gasteiger partial charge in [0.05, 0.1) is 13.7 Å². The molecule has 6 heteroatoms. The first kappa shape index (κ1) is 19.8. The highest BCUT2D eigenvalue weighted by Gasteiger charge is 2.06. The molecule has 0 fully saturated rings. The summed E-state index contributed by atoms with van der Waals surface area (Å²) in [4.78, 5) is 24.6. The number of hydrogen-bond donors (Lipinski definition) is 2. The van der Waals surface area contributed by atoms with Crippen molar-refractivity contribution >= 4 is 23.6 Å². The van der Waals surface area contributed by atoms with Gasteiger partial charge in [0.1, 0.15) is 5.75 Å². The van der Waals surface area contributed by atoms with Crippen LogP contribution in [0.25, 0.3) is 0 Å². The monoisotopic (exact) mass is 372 g/mol. The number of carbonyl (C=O) groups excluding carboxylic acids is 2. The molecule has 2 aromatic rings. The first-order chi connectivity index (χ1) is 12.7. The zero-order valence-corrected chi connectivity index (χ0v) is 15.7. The van der Waals surface area contributed by atoms with Gasteiger partial charge in [-0.1, -0.05) is 30.3 Å². The molecule has 0 radical (unpaired) electrons. The maximum absolute atomic E-state index is 11.8. The maximum atomic E-state index is 11.8. The molecule has 0 bridgehead atoms. The van der Waals surface area contributed by atoms with Gasteiger partial charge < -0.3 is 15.4 Å². The Kier molecular flexibility index (Phi) is 8.55. The van der Waals surface area contributed by atoms with Crippen LogP contribution in [-0.2, 0) is 16.0 Å². The fraction of sp³-hybridized carbons (Fsp3) is 0.300. The van der Waals surface area contributed by atoms with E-state index in [9.17, 15) is 9.59 Å². The van der Waals surface area contributed by atoms with Crippen LogP contribution in [-0.4, -0.2) is 37.8 Å². The summed E-state index contributed by atoms with van der Waals surface area (Å²) in [6.07, 6.45) is 1.15. The first-order valence-corrected chi connectivity index (χ1v) is 9.50. The van der Waals surface area contributed by atoms with Crippen molar-refractivity contribution in [3.8, 4) is 5.75 Å². The van der Waals surface area contributed by atoms with Gasteiger partial charge in [-0.3, -0.25) is 9.59 Å². The molecular formula is C20H24N2O3S. The molecule has 0 saturated carbocycles. The molecule has 0 aliphatic heterocycles. The van der Waals surface area contributed by atoms with Crippen molar-refractivity contribution in [2.24, 2.45) is 0 Å². The van der Waals surface area contributed by atoms with E-state index in [1.807, 2.05) is 54.6 Å². The van der Waals surface area contributed by atoms with Crippen LogP contribution in [0.5, 0.6) is 5.75 Å². The summed E-state index contributed by atoms with van der Waals surface area (Å²) in [5.74, 6) is 1.18. The van der Waals surface area contributed by atoms with Gasteiger partial charge in [-0.15, -0.1) is 11.8 Å². The van der Waals surface area contributed by atoms with E-state index in [0.29, 0.717) is 18.7 Å². The Labute approximate surface area is 158 Å². The SMILES string of the molecule is COc1ccc(SCCC(=O)NCC(=O)NCCc2ccccc2)cc1. The van der Waals surface area contributed by atoms with Crippen molar-refractivity contribution in [1.82, 2.24) is 10.6 Å². The molecule has 0 aromatic heterocycles. The third kappa shape index (κ3) is 7.61. The van der Waals surface area contributed by atoms with Gasteiger partial charge in [-0.05, 0) is 36.2 Å². The molecule has 0 aliphatic rings. The standard InChI is InChI=1S/C20H24N2O3S/c1-25-17-7-9-18(10-8-17)26-14-12-19(23)22-15-20(24)21-13-11-16-5-3-2-4-6-16/h2-10H,11-15H2,1H3,(H,21,24)(H,22,23). The van der Waals surface area contributed by atoms with Crippen molar-refractivity contribution in [3.63, 3.8) is 0 Å². The van der Waals surface area contributed by atoms with Crippen LogP contribution in [0.3, 0.4) is 0 Å². The number of amides is 2. The smallest absolute Gasteiger partial charge is 0.239 e. The van der Waals surface area contributed by atoms with Crippen LogP contribution in [0.4, 0.5) is 0 Å². The molecule has 138 valence electrons. The van der Waals surface area contributed by atoms with E-state index in [-0.39, 0.29) is 18.4 Å². The summed E-state index contributed by atoms with van der Waals surface area (Å²) >= 11 is 1.60. The lowest BCUT2D eigenvalue weighted by Gasteiger charge is -2.07. The number of hydrogen-bond acceptors (Lipinski definition) is 4. The zero-order chi connectivity index (χ0) is 18.6. The van der Waals surface area contributed by atoms with Crippen LogP contribution < -0.4 is 15.4 Å². The number of ether oxygens (including phenoxy) is 1. The molecule has 2 rings (SSSR count). The van der Waals surface area contributed by atoms with Crippen LogP contribution in [0, 0.1) is 0 Å². The Hall–Kier alpha value is -2.47. The molecule has 0 unspecified atom stereocenters. The third-order valence-corrected chi connectivity index (χ3v) is 4.70. The highest BCUT2D eigenvalue weighted by molar-refractivity contribution is 7.99. The van der Waals surface area contributed by atoms with Crippen molar-refractivity contribution in [3.05, 3.63) is 60.2 Å². The quantitative estimate of drug-likeness (QED) is 0.629. The van der Waals surface area contributed by atoms with Crippen LogP contribution in [0.2, 0.25) is 0 Å². The molecular weight excluding hydrogens is 348 g/mol. The Morgan fingerprint density at radius 2 is 1.69 bits per heavy atom. The average Bonchev–Trinajstić information content (AvgIpc) is 2.68. The van der Waals surface area contributed by atoms with E-state index < -0.39 is 0 Å². The second-order valence-corrected chi connectivity index (χ2v) is 6.80. The molecule has 0 spiro atoms. The van der Waals surface area contributed by atoms with E-state index in [2.05, 4.69) is 10.6 Å². The van der Waals surface area contributed by atoms with Gasteiger partial charge in [-0.25, -0.2) is 0 Å². The van der Waals surface area contributed by atoms with Gasteiger partial charge in [-0.2, -0.15) is 0 Å². The number of rotatable bonds is 10. The topological polar surface area (TPSA) is 67.4 Å². The van der Waals surface area contributed by atoms with Crippen molar-refractivity contribution in [2.45, 2.75) is 17.7 Å². The van der Waals surface area contributed by atoms with Gasteiger partial charge in [0.15, 0.2) is 0 Å². The summed E-state index contributed by atoms with van der Waals surface area (Å²) in [6, 6.07) is 17.7. The molecule has 0 heterocycles. The lowest BCUT2D eigenvalue weighted by molar-refractivity contribution is -0.125. The summed E-state index contributed by atoms with van der Waals surface area (Å²) in [5.41, 5.74) is 1.17. The predicted molar refractivity (Wildman–Crippen MR) is 105 cm³/mol. The second kappa shape index (κ2) is 11.2. The Morgan fingerprint density at radius 1 is 0.962 bits per heavy atom. The summed E-state index contributed by atoms with van der Waals surface area (Å²) < 4.78 is 5.11. The van der Waals surface area contributed by atoms with Crippen LogP contribution in [0.1, 0.15) is 12.0 Å². The third-order valence-electron chi connectivity index (χ3n) is 3.68. The Bertz CT molecular complexity index is 690. The highest BCUT2D eigenvalue weighted by atomic mass is 32.2. The van der Waals surface area contributed by atoms with Gasteiger partial charge in [0, 0.05) is 23.6 Å². The number of carbonyl (C=O) groups is 2. The summed E-state index contributed by atoms with van der Waals surface area (Å²) in [5, 5.41) is 5.46. The van der Waals surface area contributed by atoms with Gasteiger partial charge in [0.25, 0.3) is 0 Å². The molecule has 0 aliphatic carbocycles. The van der Waals surface area contributed by atoms with Crippen molar-refractivity contribution < 1.29 is 14.3 Å². The number of nitrogens with one attached hydrogen (secondary N) is 2. The molecule has 2 amide bonds. The maximum Gasteiger partial charge on any atom is 0.239 e. The predicted octanol–water partition coefficient (Wildman–Crippen LogP) is 2.65. The molecule has 0 saturated heterocycles. The lowest BCUT2D eigenvalue weighted by Crippen LogP contribution is -2.37. The molecule has 2 N–H and O–H groups in total. The first-order valence-electron chi connectivity index (χ1n) is 8.51. The normalized spacial score (nSPS) is 10.2. The highest BCUT2D eigenvalue weighted by Crippen LogP contribution is 2.21. The van der Waals surface area contributed by atoms with Gasteiger partial charge in [0.2, 0.25) is 11.8 Å². The van der Waals surface area contributed by atoms with E-state index >= 15 is 0 Å². The fourth-order valence-electron chi connectivity index (χ4n) is 2.25. The molecule has 26 heavy (non-hydrogen) atoms. The minimum Gasteiger partial charge on any atom is -0.497 e. The van der Waals surface area contributed by atoms with E-state index in [0.717, 1.165) is 17.1 Å². The molecule has 5 nitrogen and oxygen atoms in total. The van der Waals surface area contributed by atoms with Crippen molar-refractivity contribution in [2.75, 3.05) is 26.0 Å². The number of methoxy groups -OCH3 is 1. The molecule has 0 atom stereocenters. The minimum atomic E-state index is -0.169.